The summed E-state index contributed by atoms with van der Waals surface area (Å²) in [5, 5.41) is 3.37. The summed E-state index contributed by atoms with van der Waals surface area (Å²) < 4.78 is 16.8. The molecule has 4 rings (SSSR count). The van der Waals surface area contributed by atoms with Gasteiger partial charge >= 0.3 is 0 Å². The van der Waals surface area contributed by atoms with Crippen LogP contribution in [0.5, 0.6) is 17.2 Å². The molecule has 0 aromatic heterocycles. The Hall–Kier alpha value is -3.71. The number of hydrogen-bond donors (Lipinski definition) is 1. The highest BCUT2D eigenvalue weighted by atomic mass is 35.5. The molecule has 33 heavy (non-hydrogen) atoms. The zero-order valence-electron chi connectivity index (χ0n) is 18.0. The Morgan fingerprint density at radius 2 is 1.88 bits per heavy atom. The van der Waals surface area contributed by atoms with Crippen molar-refractivity contribution in [3.05, 3.63) is 77.3 Å². The van der Waals surface area contributed by atoms with Crippen LogP contribution in [0.3, 0.4) is 0 Å². The Labute approximate surface area is 196 Å². The third-order valence-electron chi connectivity index (χ3n) is 4.94. The molecule has 3 aromatic rings. The highest BCUT2D eigenvalue weighted by Gasteiger charge is 2.26. The molecule has 8 heteroatoms. The number of hydrogen-bond acceptors (Lipinski definition) is 5. The van der Waals surface area contributed by atoms with Crippen molar-refractivity contribution in [2.24, 2.45) is 0 Å². The number of benzene rings is 3. The predicted octanol–water partition coefficient (Wildman–Crippen LogP) is 4.47. The lowest BCUT2D eigenvalue weighted by Gasteiger charge is -2.29. The molecule has 1 aliphatic rings. The fourth-order valence-electron chi connectivity index (χ4n) is 3.36. The van der Waals surface area contributed by atoms with Crippen molar-refractivity contribution in [3.8, 4) is 17.2 Å². The van der Waals surface area contributed by atoms with E-state index in [1.54, 1.807) is 47.4 Å². The quantitative estimate of drug-likeness (QED) is 0.530. The zero-order chi connectivity index (χ0) is 23.2. The average molecular weight is 467 g/mol. The minimum Gasteiger partial charge on any atom is -0.492 e. The van der Waals surface area contributed by atoms with Crippen LogP contribution in [-0.2, 0) is 9.59 Å². The maximum absolute atomic E-state index is 12.5. The molecule has 0 radical (unpaired) electrons. The molecule has 0 saturated carbocycles. The molecule has 1 heterocycles. The first kappa shape index (κ1) is 22.5. The summed E-state index contributed by atoms with van der Waals surface area (Å²) in [5.74, 6) is 1.35. The molecule has 0 atom stereocenters. The van der Waals surface area contributed by atoms with Gasteiger partial charge in [0.15, 0.2) is 13.2 Å². The van der Waals surface area contributed by atoms with Crippen molar-refractivity contribution in [1.82, 2.24) is 0 Å². The van der Waals surface area contributed by atoms with E-state index in [9.17, 15) is 9.59 Å². The maximum Gasteiger partial charge on any atom is 0.265 e. The molecule has 0 fully saturated rings. The van der Waals surface area contributed by atoms with Gasteiger partial charge < -0.3 is 24.4 Å². The number of aryl methyl sites for hydroxylation is 1. The molecule has 3 aromatic carbocycles. The monoisotopic (exact) mass is 466 g/mol. The number of halogens is 1. The molecule has 0 aliphatic carbocycles. The van der Waals surface area contributed by atoms with Gasteiger partial charge in [-0.3, -0.25) is 9.59 Å². The number of ether oxygens (including phenoxy) is 3. The van der Waals surface area contributed by atoms with Crippen molar-refractivity contribution in [2.45, 2.75) is 6.92 Å². The minimum absolute atomic E-state index is 0.0436. The van der Waals surface area contributed by atoms with Crippen LogP contribution >= 0.6 is 11.6 Å². The number of fused-ring (bicyclic) bond motifs is 1. The molecule has 2 amide bonds. The number of rotatable bonds is 8. The van der Waals surface area contributed by atoms with Crippen LogP contribution in [0.2, 0.25) is 5.02 Å². The Bertz CT molecular complexity index is 1150. The lowest BCUT2D eigenvalue weighted by atomic mass is 10.2. The molecular formula is C25H23ClN2O5. The second kappa shape index (κ2) is 10.3. The van der Waals surface area contributed by atoms with E-state index >= 15 is 0 Å². The van der Waals surface area contributed by atoms with Crippen molar-refractivity contribution in [1.29, 1.82) is 0 Å². The number of anilines is 2. The standard InChI is InChI=1S/C25H23ClN2O5/c1-17-3-2-4-21(13-17)31-12-11-28-22-14-19(7-10-23(22)33-16-25(28)30)27-24(29)15-32-20-8-5-18(26)6-9-20/h2-10,13-14H,11-12,15-16H2,1H3,(H,27,29). The maximum atomic E-state index is 12.5. The average Bonchev–Trinajstić information content (AvgIpc) is 2.80. The molecule has 0 saturated heterocycles. The Morgan fingerprint density at radius 1 is 1.06 bits per heavy atom. The largest absolute Gasteiger partial charge is 0.492 e. The number of carbonyl (C=O) groups excluding carboxylic acids is 2. The second-order valence-corrected chi connectivity index (χ2v) is 7.91. The summed E-state index contributed by atoms with van der Waals surface area (Å²) in [6.07, 6.45) is 0. The van der Waals surface area contributed by atoms with Crippen LogP contribution in [0.1, 0.15) is 5.56 Å². The number of amides is 2. The summed E-state index contributed by atoms with van der Waals surface area (Å²) in [4.78, 5) is 26.4. The van der Waals surface area contributed by atoms with Gasteiger partial charge in [-0.2, -0.15) is 0 Å². The number of nitrogens with one attached hydrogen (secondary N) is 1. The Kier molecular flexibility index (Phi) is 7.00. The van der Waals surface area contributed by atoms with Crippen LogP contribution in [-0.4, -0.2) is 38.2 Å². The van der Waals surface area contributed by atoms with E-state index in [2.05, 4.69) is 5.32 Å². The van der Waals surface area contributed by atoms with Gasteiger partial charge in [0.05, 0.1) is 12.2 Å². The lowest BCUT2D eigenvalue weighted by Crippen LogP contribution is -2.41. The van der Waals surface area contributed by atoms with E-state index in [-0.39, 0.29) is 25.0 Å². The molecule has 0 spiro atoms. The van der Waals surface area contributed by atoms with E-state index in [0.717, 1.165) is 11.3 Å². The highest BCUT2D eigenvalue weighted by molar-refractivity contribution is 6.30. The van der Waals surface area contributed by atoms with Gasteiger partial charge in [0.2, 0.25) is 0 Å². The van der Waals surface area contributed by atoms with Crippen LogP contribution in [0.4, 0.5) is 11.4 Å². The Balaban J connectivity index is 1.38. The zero-order valence-corrected chi connectivity index (χ0v) is 18.8. The molecule has 170 valence electrons. The van der Waals surface area contributed by atoms with Gasteiger partial charge in [0.1, 0.15) is 23.9 Å². The topological polar surface area (TPSA) is 77.1 Å². The lowest BCUT2D eigenvalue weighted by molar-refractivity contribution is -0.121. The van der Waals surface area contributed by atoms with Gasteiger partial charge in [0.25, 0.3) is 11.8 Å². The van der Waals surface area contributed by atoms with E-state index in [0.29, 0.717) is 41.0 Å². The summed E-state index contributed by atoms with van der Waals surface area (Å²) in [6, 6.07) is 19.6. The normalized spacial score (nSPS) is 12.5. The first-order chi connectivity index (χ1) is 16.0. The third kappa shape index (κ3) is 5.96. The fraction of sp³-hybridized carbons (Fsp3) is 0.200. The number of nitrogens with zero attached hydrogens (tertiary/aromatic N) is 1. The predicted molar refractivity (Wildman–Crippen MR) is 127 cm³/mol. The highest BCUT2D eigenvalue weighted by Crippen LogP contribution is 2.34. The Morgan fingerprint density at radius 3 is 2.67 bits per heavy atom. The molecule has 0 bridgehead atoms. The fourth-order valence-corrected chi connectivity index (χ4v) is 3.49. The summed E-state index contributed by atoms with van der Waals surface area (Å²) in [6.45, 7) is 2.45. The van der Waals surface area contributed by atoms with E-state index in [1.807, 2.05) is 31.2 Å². The van der Waals surface area contributed by atoms with Gasteiger partial charge in [-0.15, -0.1) is 0 Å². The minimum atomic E-state index is -0.331. The molecule has 7 nitrogen and oxygen atoms in total. The van der Waals surface area contributed by atoms with Crippen LogP contribution in [0.15, 0.2) is 66.7 Å². The van der Waals surface area contributed by atoms with Crippen molar-refractivity contribution >= 4 is 34.8 Å². The van der Waals surface area contributed by atoms with Gasteiger partial charge in [0, 0.05) is 10.7 Å². The first-order valence-electron chi connectivity index (χ1n) is 10.4. The van der Waals surface area contributed by atoms with Gasteiger partial charge in [-0.05, 0) is 67.1 Å². The van der Waals surface area contributed by atoms with Crippen molar-refractivity contribution < 1.29 is 23.8 Å². The third-order valence-corrected chi connectivity index (χ3v) is 5.19. The molecule has 0 unspecified atom stereocenters. The van der Waals surface area contributed by atoms with Crippen molar-refractivity contribution in [2.75, 3.05) is 36.6 Å². The summed E-state index contributed by atoms with van der Waals surface area (Å²) >= 11 is 5.85. The summed E-state index contributed by atoms with van der Waals surface area (Å²) in [5.41, 5.74) is 2.21. The second-order valence-electron chi connectivity index (χ2n) is 7.47. The van der Waals surface area contributed by atoms with Crippen molar-refractivity contribution in [3.63, 3.8) is 0 Å². The van der Waals surface area contributed by atoms with E-state index < -0.39 is 0 Å². The smallest absolute Gasteiger partial charge is 0.265 e. The van der Waals surface area contributed by atoms with Gasteiger partial charge in [-0.1, -0.05) is 23.7 Å². The van der Waals surface area contributed by atoms with Gasteiger partial charge in [-0.25, -0.2) is 0 Å². The van der Waals surface area contributed by atoms with E-state index in [1.165, 1.54) is 0 Å². The molecular weight excluding hydrogens is 444 g/mol. The first-order valence-corrected chi connectivity index (χ1v) is 10.8. The van der Waals surface area contributed by atoms with Crippen LogP contribution in [0, 0.1) is 6.92 Å². The van der Waals surface area contributed by atoms with E-state index in [4.69, 9.17) is 25.8 Å². The van der Waals surface area contributed by atoms with Crippen LogP contribution < -0.4 is 24.4 Å². The number of carbonyl (C=O) groups is 2. The molecule has 1 aliphatic heterocycles. The summed E-state index contributed by atoms with van der Waals surface area (Å²) in [7, 11) is 0. The molecule has 1 N–H and O–H groups in total. The SMILES string of the molecule is Cc1cccc(OCCN2C(=O)COc3ccc(NC(=O)COc4ccc(Cl)cc4)cc32)c1. The van der Waals surface area contributed by atoms with Crippen LogP contribution in [0.25, 0.3) is 0 Å².